The molecular formula is C24H22Cl2N4. The van der Waals surface area contributed by atoms with E-state index in [1.165, 1.54) is 5.56 Å². The number of aryl methyl sites for hydroxylation is 1. The lowest BCUT2D eigenvalue weighted by Crippen LogP contribution is -2.45. The van der Waals surface area contributed by atoms with Crippen LogP contribution < -0.4 is 4.90 Å². The molecule has 4 rings (SSSR count). The highest BCUT2D eigenvalue weighted by molar-refractivity contribution is 6.36. The second-order valence-electron chi connectivity index (χ2n) is 7.65. The fourth-order valence-corrected chi connectivity index (χ4v) is 4.18. The van der Waals surface area contributed by atoms with Gasteiger partial charge in [0.05, 0.1) is 16.3 Å². The van der Waals surface area contributed by atoms with Crippen molar-refractivity contribution in [1.82, 2.24) is 9.88 Å². The van der Waals surface area contributed by atoms with E-state index in [1.54, 1.807) is 6.07 Å². The van der Waals surface area contributed by atoms with E-state index in [0.717, 1.165) is 48.6 Å². The SMILES string of the molecule is Cc1ccc(-c2cc(C#N)c(N3CCN(C)CC3)nc2-c2ccc(Cl)cc2Cl)cc1. The number of anilines is 1. The van der Waals surface area contributed by atoms with E-state index < -0.39 is 0 Å². The molecule has 152 valence electrons. The standard InChI is InChI=1S/C24H22Cl2N4/c1-16-3-5-17(6-4-16)21-13-18(15-27)24(30-11-9-29(2)10-12-30)28-23(21)20-8-7-19(25)14-22(20)26/h3-8,13-14H,9-12H2,1-2H3. The Hall–Kier alpha value is -2.58. The van der Waals surface area contributed by atoms with Crippen molar-refractivity contribution in [3.8, 4) is 28.5 Å². The van der Waals surface area contributed by atoms with Crippen LogP contribution in [0.15, 0.2) is 48.5 Å². The average molecular weight is 437 g/mol. The third kappa shape index (κ3) is 4.15. The minimum absolute atomic E-state index is 0.539. The maximum Gasteiger partial charge on any atom is 0.147 e. The molecule has 2 aromatic carbocycles. The number of nitriles is 1. The summed E-state index contributed by atoms with van der Waals surface area (Å²) in [5.41, 5.74) is 5.19. The molecule has 0 radical (unpaired) electrons. The van der Waals surface area contributed by atoms with Crippen LogP contribution in [0.2, 0.25) is 10.0 Å². The topological polar surface area (TPSA) is 43.2 Å². The van der Waals surface area contributed by atoms with Crippen molar-refractivity contribution in [1.29, 1.82) is 5.26 Å². The van der Waals surface area contributed by atoms with E-state index in [2.05, 4.69) is 54.1 Å². The molecule has 1 fully saturated rings. The molecule has 0 unspecified atom stereocenters. The first-order valence-electron chi connectivity index (χ1n) is 9.87. The zero-order chi connectivity index (χ0) is 21.3. The maximum absolute atomic E-state index is 9.90. The van der Waals surface area contributed by atoms with Gasteiger partial charge in [0.2, 0.25) is 0 Å². The molecule has 0 atom stereocenters. The summed E-state index contributed by atoms with van der Waals surface area (Å²) in [4.78, 5) is 9.47. The Morgan fingerprint density at radius 2 is 1.63 bits per heavy atom. The Morgan fingerprint density at radius 1 is 0.933 bits per heavy atom. The number of likely N-dealkylation sites (N-methyl/N-ethyl adjacent to an activating group) is 1. The summed E-state index contributed by atoms with van der Waals surface area (Å²) in [5, 5.41) is 11.0. The van der Waals surface area contributed by atoms with Gasteiger partial charge in [-0.1, -0.05) is 53.0 Å². The van der Waals surface area contributed by atoms with Crippen LogP contribution >= 0.6 is 23.2 Å². The van der Waals surface area contributed by atoms with Crippen molar-refractivity contribution in [2.45, 2.75) is 6.92 Å². The normalized spacial score (nSPS) is 14.6. The zero-order valence-electron chi connectivity index (χ0n) is 17.0. The van der Waals surface area contributed by atoms with E-state index in [4.69, 9.17) is 28.2 Å². The lowest BCUT2D eigenvalue weighted by molar-refractivity contribution is 0.312. The molecular weight excluding hydrogens is 415 g/mol. The van der Waals surface area contributed by atoms with Gasteiger partial charge in [0.25, 0.3) is 0 Å². The van der Waals surface area contributed by atoms with Gasteiger partial charge in [0.1, 0.15) is 11.9 Å². The first kappa shape index (κ1) is 20.7. The predicted molar refractivity (Wildman–Crippen MR) is 124 cm³/mol. The Labute approximate surface area is 187 Å². The van der Waals surface area contributed by atoms with Crippen LogP contribution in [0.25, 0.3) is 22.4 Å². The number of nitrogens with zero attached hydrogens (tertiary/aromatic N) is 4. The summed E-state index contributed by atoms with van der Waals surface area (Å²) in [6.45, 7) is 5.58. The average Bonchev–Trinajstić information content (AvgIpc) is 2.74. The first-order chi connectivity index (χ1) is 14.5. The molecule has 1 aromatic heterocycles. The second kappa shape index (κ2) is 8.65. The van der Waals surface area contributed by atoms with Crippen molar-refractivity contribution in [3.05, 3.63) is 69.7 Å². The lowest BCUT2D eigenvalue weighted by Gasteiger charge is -2.34. The predicted octanol–water partition coefficient (Wildman–Crippen LogP) is 5.65. The van der Waals surface area contributed by atoms with Crippen LogP contribution in [0, 0.1) is 18.3 Å². The number of halogens is 2. The number of aromatic nitrogens is 1. The molecule has 0 bridgehead atoms. The van der Waals surface area contributed by atoms with E-state index in [9.17, 15) is 5.26 Å². The molecule has 0 N–H and O–H groups in total. The molecule has 2 heterocycles. The molecule has 3 aromatic rings. The fourth-order valence-electron chi connectivity index (χ4n) is 3.69. The summed E-state index contributed by atoms with van der Waals surface area (Å²) in [5.74, 6) is 0.711. The maximum atomic E-state index is 9.90. The summed E-state index contributed by atoms with van der Waals surface area (Å²) < 4.78 is 0. The summed E-state index contributed by atoms with van der Waals surface area (Å²) in [7, 11) is 2.11. The van der Waals surface area contributed by atoms with E-state index in [-0.39, 0.29) is 0 Å². The van der Waals surface area contributed by atoms with Crippen LogP contribution in [0.1, 0.15) is 11.1 Å². The van der Waals surface area contributed by atoms with Gasteiger partial charge in [-0.3, -0.25) is 0 Å². The molecule has 30 heavy (non-hydrogen) atoms. The summed E-state index contributed by atoms with van der Waals surface area (Å²) >= 11 is 12.7. The molecule has 0 spiro atoms. The van der Waals surface area contributed by atoms with Crippen molar-refractivity contribution < 1.29 is 0 Å². The van der Waals surface area contributed by atoms with Crippen molar-refractivity contribution in [2.24, 2.45) is 0 Å². The Balaban J connectivity index is 1.93. The molecule has 0 amide bonds. The monoisotopic (exact) mass is 436 g/mol. The first-order valence-corrected chi connectivity index (χ1v) is 10.6. The highest BCUT2D eigenvalue weighted by atomic mass is 35.5. The minimum Gasteiger partial charge on any atom is -0.353 e. The Kier molecular flexibility index (Phi) is 5.97. The highest BCUT2D eigenvalue weighted by Gasteiger charge is 2.23. The number of rotatable bonds is 3. The lowest BCUT2D eigenvalue weighted by atomic mass is 9.96. The van der Waals surface area contributed by atoms with E-state index >= 15 is 0 Å². The Morgan fingerprint density at radius 3 is 2.27 bits per heavy atom. The molecule has 4 nitrogen and oxygen atoms in total. The molecule has 1 aliphatic heterocycles. The van der Waals surface area contributed by atoms with Gasteiger partial charge in [-0.15, -0.1) is 0 Å². The molecule has 0 aliphatic carbocycles. The molecule has 6 heteroatoms. The largest absolute Gasteiger partial charge is 0.353 e. The number of hydrogen-bond acceptors (Lipinski definition) is 4. The number of piperazine rings is 1. The van der Waals surface area contributed by atoms with Gasteiger partial charge in [0.15, 0.2) is 0 Å². The van der Waals surface area contributed by atoms with Gasteiger partial charge in [-0.25, -0.2) is 4.98 Å². The van der Waals surface area contributed by atoms with Crippen LogP contribution in [-0.4, -0.2) is 43.1 Å². The van der Waals surface area contributed by atoms with Crippen LogP contribution in [-0.2, 0) is 0 Å². The van der Waals surface area contributed by atoms with Gasteiger partial charge in [-0.2, -0.15) is 5.26 Å². The third-order valence-corrected chi connectivity index (χ3v) is 6.02. The second-order valence-corrected chi connectivity index (χ2v) is 8.49. The van der Waals surface area contributed by atoms with Crippen molar-refractivity contribution in [2.75, 3.05) is 38.1 Å². The van der Waals surface area contributed by atoms with Crippen LogP contribution in [0.5, 0.6) is 0 Å². The number of pyridine rings is 1. The van der Waals surface area contributed by atoms with Gasteiger partial charge < -0.3 is 9.80 Å². The van der Waals surface area contributed by atoms with Crippen molar-refractivity contribution in [3.63, 3.8) is 0 Å². The Bertz CT molecular complexity index is 1110. The van der Waals surface area contributed by atoms with Gasteiger partial charge in [0, 0.05) is 42.3 Å². The highest BCUT2D eigenvalue weighted by Crippen LogP contribution is 2.38. The molecule has 1 saturated heterocycles. The van der Waals surface area contributed by atoms with Crippen LogP contribution in [0.3, 0.4) is 0 Å². The number of hydrogen-bond donors (Lipinski definition) is 0. The van der Waals surface area contributed by atoms with Crippen molar-refractivity contribution >= 4 is 29.0 Å². The van der Waals surface area contributed by atoms with Gasteiger partial charge in [-0.05, 0) is 43.8 Å². The number of benzene rings is 2. The van der Waals surface area contributed by atoms with E-state index in [1.807, 2.05) is 18.2 Å². The molecule has 0 saturated carbocycles. The summed E-state index contributed by atoms with van der Waals surface area (Å²) in [6, 6.07) is 18.0. The van der Waals surface area contributed by atoms with Crippen LogP contribution in [0.4, 0.5) is 5.82 Å². The third-order valence-electron chi connectivity index (χ3n) is 5.47. The smallest absolute Gasteiger partial charge is 0.147 e. The summed E-state index contributed by atoms with van der Waals surface area (Å²) in [6.07, 6.45) is 0. The minimum atomic E-state index is 0.539. The quantitative estimate of drug-likeness (QED) is 0.531. The zero-order valence-corrected chi connectivity index (χ0v) is 18.5. The van der Waals surface area contributed by atoms with E-state index in [0.29, 0.717) is 21.4 Å². The fraction of sp³-hybridized carbons (Fsp3) is 0.250. The molecule has 1 aliphatic rings. The van der Waals surface area contributed by atoms with Gasteiger partial charge >= 0.3 is 0 Å².